The van der Waals surface area contributed by atoms with Crippen LogP contribution < -0.4 is 5.32 Å². The van der Waals surface area contributed by atoms with Gasteiger partial charge in [0, 0.05) is 12.1 Å². The van der Waals surface area contributed by atoms with E-state index in [2.05, 4.69) is 24.1 Å². The molecular formula is C16H32N2O. The molecule has 0 aromatic carbocycles. The number of likely N-dealkylation sites (tertiary alicyclic amines) is 1. The van der Waals surface area contributed by atoms with Gasteiger partial charge in [-0.1, -0.05) is 20.3 Å². The number of aliphatic hydroxyl groups is 1. The van der Waals surface area contributed by atoms with Crippen molar-refractivity contribution in [1.29, 1.82) is 0 Å². The van der Waals surface area contributed by atoms with E-state index in [1.807, 2.05) is 0 Å². The second kappa shape index (κ2) is 7.05. The fraction of sp³-hybridized carbons (Fsp3) is 1.00. The van der Waals surface area contributed by atoms with Crippen LogP contribution in [0.3, 0.4) is 0 Å². The highest BCUT2D eigenvalue weighted by molar-refractivity contribution is 4.99. The van der Waals surface area contributed by atoms with Crippen molar-refractivity contribution >= 4 is 0 Å². The minimum atomic E-state index is 0.0240. The molecule has 3 atom stereocenters. The zero-order valence-electron chi connectivity index (χ0n) is 12.8. The molecular weight excluding hydrogens is 236 g/mol. The molecule has 0 aromatic rings. The molecule has 0 spiro atoms. The van der Waals surface area contributed by atoms with Gasteiger partial charge in [-0.25, -0.2) is 0 Å². The number of nitrogens with one attached hydrogen (secondary N) is 1. The minimum absolute atomic E-state index is 0.0240. The summed E-state index contributed by atoms with van der Waals surface area (Å²) in [7, 11) is 0. The van der Waals surface area contributed by atoms with Crippen LogP contribution in [-0.4, -0.2) is 48.3 Å². The second-order valence-corrected chi connectivity index (χ2v) is 6.77. The minimum Gasteiger partial charge on any atom is -0.394 e. The molecule has 2 N–H and O–H groups in total. The lowest BCUT2D eigenvalue weighted by molar-refractivity contribution is 0.105. The van der Waals surface area contributed by atoms with Crippen LogP contribution in [0.4, 0.5) is 0 Å². The maximum atomic E-state index is 9.82. The summed E-state index contributed by atoms with van der Waals surface area (Å²) in [5.41, 5.74) is 0.0240. The van der Waals surface area contributed by atoms with Crippen LogP contribution in [0.5, 0.6) is 0 Å². The molecule has 0 amide bonds. The van der Waals surface area contributed by atoms with Gasteiger partial charge in [0.15, 0.2) is 0 Å². The van der Waals surface area contributed by atoms with Crippen molar-refractivity contribution in [2.45, 2.75) is 57.9 Å². The van der Waals surface area contributed by atoms with Crippen molar-refractivity contribution in [3.05, 3.63) is 0 Å². The average molecular weight is 268 g/mol. The van der Waals surface area contributed by atoms with Gasteiger partial charge in [-0.15, -0.1) is 0 Å². The van der Waals surface area contributed by atoms with Crippen molar-refractivity contribution in [2.24, 2.45) is 11.8 Å². The Bertz CT molecular complexity index is 271. The van der Waals surface area contributed by atoms with Crippen LogP contribution in [0.1, 0.15) is 52.4 Å². The summed E-state index contributed by atoms with van der Waals surface area (Å²) in [6.45, 7) is 9.59. The van der Waals surface area contributed by atoms with E-state index in [9.17, 15) is 5.11 Å². The van der Waals surface area contributed by atoms with E-state index >= 15 is 0 Å². The van der Waals surface area contributed by atoms with E-state index in [0.29, 0.717) is 12.5 Å². The van der Waals surface area contributed by atoms with Crippen molar-refractivity contribution in [3.8, 4) is 0 Å². The molecule has 19 heavy (non-hydrogen) atoms. The fourth-order valence-corrected chi connectivity index (χ4v) is 4.24. The number of aliphatic hydroxyl groups excluding tert-OH is 1. The summed E-state index contributed by atoms with van der Waals surface area (Å²) in [5, 5.41) is 13.4. The Morgan fingerprint density at radius 1 is 1.32 bits per heavy atom. The third-order valence-electron chi connectivity index (χ3n) is 5.30. The van der Waals surface area contributed by atoms with E-state index in [-0.39, 0.29) is 5.54 Å². The number of piperidine rings is 1. The van der Waals surface area contributed by atoms with E-state index in [1.165, 1.54) is 51.7 Å². The lowest BCUT2D eigenvalue weighted by Gasteiger charge is -2.37. The van der Waals surface area contributed by atoms with Gasteiger partial charge in [-0.05, 0) is 63.6 Å². The molecule has 3 unspecified atom stereocenters. The third kappa shape index (κ3) is 3.71. The molecule has 1 heterocycles. The lowest BCUT2D eigenvalue weighted by Crippen LogP contribution is -2.52. The van der Waals surface area contributed by atoms with Gasteiger partial charge >= 0.3 is 0 Å². The average Bonchev–Trinajstić information content (AvgIpc) is 2.80. The summed E-state index contributed by atoms with van der Waals surface area (Å²) in [6.07, 6.45) is 7.73. The quantitative estimate of drug-likeness (QED) is 0.775. The van der Waals surface area contributed by atoms with Crippen LogP contribution >= 0.6 is 0 Å². The number of nitrogens with zero attached hydrogens (tertiary/aromatic N) is 1. The standard InChI is InChI=1S/C16H32N2O/c1-3-17-16(13-19)9-4-7-15(16)8-11-18-10-5-6-14(2)12-18/h14-15,17,19H,3-13H2,1-2H3. The predicted molar refractivity (Wildman–Crippen MR) is 80.3 cm³/mol. The maximum Gasteiger partial charge on any atom is 0.0616 e. The number of hydrogen-bond donors (Lipinski definition) is 2. The highest BCUT2D eigenvalue weighted by atomic mass is 16.3. The zero-order chi connectivity index (χ0) is 13.7. The maximum absolute atomic E-state index is 9.82. The van der Waals surface area contributed by atoms with Crippen LogP contribution in [0.25, 0.3) is 0 Å². The Morgan fingerprint density at radius 2 is 2.16 bits per heavy atom. The summed E-state index contributed by atoms with van der Waals surface area (Å²) in [6, 6.07) is 0. The highest BCUT2D eigenvalue weighted by Gasteiger charge is 2.41. The monoisotopic (exact) mass is 268 g/mol. The molecule has 1 aliphatic heterocycles. The van der Waals surface area contributed by atoms with Crippen LogP contribution in [-0.2, 0) is 0 Å². The molecule has 2 rings (SSSR count). The first-order valence-corrected chi connectivity index (χ1v) is 8.28. The van der Waals surface area contributed by atoms with Crippen LogP contribution in [0.15, 0.2) is 0 Å². The van der Waals surface area contributed by atoms with Crippen molar-refractivity contribution < 1.29 is 5.11 Å². The van der Waals surface area contributed by atoms with E-state index in [1.54, 1.807) is 0 Å². The number of hydrogen-bond acceptors (Lipinski definition) is 3. The van der Waals surface area contributed by atoms with Gasteiger partial charge in [-0.3, -0.25) is 0 Å². The van der Waals surface area contributed by atoms with Crippen molar-refractivity contribution in [1.82, 2.24) is 10.2 Å². The molecule has 2 fully saturated rings. The second-order valence-electron chi connectivity index (χ2n) is 6.77. The molecule has 0 aromatic heterocycles. The van der Waals surface area contributed by atoms with Crippen LogP contribution in [0, 0.1) is 11.8 Å². The van der Waals surface area contributed by atoms with Crippen LogP contribution in [0.2, 0.25) is 0 Å². The molecule has 3 heteroatoms. The molecule has 1 saturated heterocycles. The highest BCUT2D eigenvalue weighted by Crippen LogP contribution is 2.38. The van der Waals surface area contributed by atoms with Crippen molar-refractivity contribution in [3.63, 3.8) is 0 Å². The molecule has 3 nitrogen and oxygen atoms in total. The van der Waals surface area contributed by atoms with Gasteiger partial charge in [0.2, 0.25) is 0 Å². The number of likely N-dealkylation sites (N-methyl/N-ethyl adjacent to an activating group) is 1. The lowest BCUT2D eigenvalue weighted by atomic mass is 9.85. The first-order valence-electron chi connectivity index (χ1n) is 8.28. The van der Waals surface area contributed by atoms with Gasteiger partial charge in [-0.2, -0.15) is 0 Å². The first kappa shape index (κ1) is 15.3. The Balaban J connectivity index is 1.83. The predicted octanol–water partition coefficient (Wildman–Crippen LogP) is 2.25. The van der Waals surface area contributed by atoms with Gasteiger partial charge < -0.3 is 15.3 Å². The topological polar surface area (TPSA) is 35.5 Å². The third-order valence-corrected chi connectivity index (χ3v) is 5.30. The Kier molecular flexibility index (Phi) is 5.67. The Labute approximate surface area is 118 Å². The van der Waals surface area contributed by atoms with Gasteiger partial charge in [0.25, 0.3) is 0 Å². The van der Waals surface area contributed by atoms with Gasteiger partial charge in [0.1, 0.15) is 0 Å². The molecule has 1 saturated carbocycles. The largest absolute Gasteiger partial charge is 0.394 e. The molecule has 0 radical (unpaired) electrons. The SMILES string of the molecule is CCNC1(CO)CCCC1CCN1CCCC(C)C1. The summed E-state index contributed by atoms with van der Waals surface area (Å²) in [5.74, 6) is 1.53. The first-order chi connectivity index (χ1) is 9.20. The smallest absolute Gasteiger partial charge is 0.0616 e. The van der Waals surface area contributed by atoms with Gasteiger partial charge in [0.05, 0.1) is 6.61 Å². The molecule has 1 aliphatic carbocycles. The van der Waals surface area contributed by atoms with E-state index in [0.717, 1.165) is 18.9 Å². The normalized spacial score (nSPS) is 36.8. The molecule has 0 bridgehead atoms. The summed E-state index contributed by atoms with van der Waals surface area (Å²) >= 11 is 0. The van der Waals surface area contributed by atoms with E-state index in [4.69, 9.17) is 0 Å². The zero-order valence-corrected chi connectivity index (χ0v) is 12.8. The Morgan fingerprint density at radius 3 is 2.84 bits per heavy atom. The Hall–Kier alpha value is -0.120. The van der Waals surface area contributed by atoms with E-state index < -0.39 is 0 Å². The fourth-order valence-electron chi connectivity index (χ4n) is 4.24. The molecule has 2 aliphatic rings. The number of rotatable bonds is 6. The summed E-state index contributed by atoms with van der Waals surface area (Å²) < 4.78 is 0. The molecule has 112 valence electrons. The summed E-state index contributed by atoms with van der Waals surface area (Å²) in [4.78, 5) is 2.64. The van der Waals surface area contributed by atoms with Crippen molar-refractivity contribution in [2.75, 3.05) is 32.8 Å².